The lowest BCUT2D eigenvalue weighted by Gasteiger charge is -2.12. The van der Waals surface area contributed by atoms with Crippen molar-refractivity contribution in [1.82, 2.24) is 19.7 Å². The van der Waals surface area contributed by atoms with Crippen molar-refractivity contribution in [1.29, 1.82) is 0 Å². The molecule has 0 aliphatic heterocycles. The lowest BCUT2D eigenvalue weighted by atomic mass is 10.2. The molecule has 3 N–H and O–H groups in total. The molecule has 0 bridgehead atoms. The lowest BCUT2D eigenvalue weighted by Crippen LogP contribution is -2.23. The first kappa shape index (κ1) is 22.3. The van der Waals surface area contributed by atoms with Gasteiger partial charge in [-0.1, -0.05) is 11.8 Å². The van der Waals surface area contributed by atoms with Crippen LogP contribution < -0.4 is 11.1 Å². The number of aromatic nitrogens is 4. The van der Waals surface area contributed by atoms with E-state index in [4.69, 9.17) is 5.73 Å². The molecule has 168 valence electrons. The zero-order valence-electron chi connectivity index (χ0n) is 17.0. The maximum atomic E-state index is 13.5. The smallest absolute Gasteiger partial charge is 0.239 e. The van der Waals surface area contributed by atoms with Gasteiger partial charge in [0.25, 0.3) is 0 Å². The van der Waals surface area contributed by atoms with Gasteiger partial charge < -0.3 is 15.6 Å². The third kappa shape index (κ3) is 5.13. The molecule has 2 heterocycles. The Morgan fingerprint density at radius 2 is 2.09 bits per heavy atom. The molecular formula is C20H20F2N6O2S2. The van der Waals surface area contributed by atoms with E-state index in [0.29, 0.717) is 34.0 Å². The fourth-order valence-electron chi connectivity index (χ4n) is 3.00. The number of nitrogens with zero attached hydrogens (tertiary/aromatic N) is 4. The van der Waals surface area contributed by atoms with Crippen molar-refractivity contribution in [2.45, 2.75) is 49.1 Å². The SMILES string of the molecule is CC(Sc1nnc(C2CC2)n1CCC(N)=O)C(=O)Nc1nc(-c2ccc(F)c(F)c2)cs1. The van der Waals surface area contributed by atoms with Gasteiger partial charge in [0.1, 0.15) is 5.82 Å². The second-order valence-corrected chi connectivity index (χ2v) is 9.57. The van der Waals surface area contributed by atoms with Gasteiger partial charge in [-0.2, -0.15) is 0 Å². The second kappa shape index (κ2) is 9.33. The zero-order valence-corrected chi connectivity index (χ0v) is 18.7. The number of amides is 2. The summed E-state index contributed by atoms with van der Waals surface area (Å²) in [4.78, 5) is 28.2. The van der Waals surface area contributed by atoms with E-state index in [1.807, 2.05) is 4.57 Å². The number of carbonyl (C=O) groups excluding carboxylic acids is 2. The first-order valence-electron chi connectivity index (χ1n) is 9.91. The van der Waals surface area contributed by atoms with E-state index >= 15 is 0 Å². The molecule has 8 nitrogen and oxygen atoms in total. The van der Waals surface area contributed by atoms with E-state index in [-0.39, 0.29) is 12.3 Å². The fraction of sp³-hybridized carbons (Fsp3) is 0.350. The molecule has 1 saturated carbocycles. The minimum Gasteiger partial charge on any atom is -0.370 e. The van der Waals surface area contributed by atoms with Crippen molar-refractivity contribution in [3.8, 4) is 11.3 Å². The van der Waals surface area contributed by atoms with E-state index in [9.17, 15) is 18.4 Å². The number of thiazole rings is 1. The number of benzene rings is 1. The normalized spacial score (nSPS) is 14.3. The van der Waals surface area contributed by atoms with Crippen LogP contribution in [-0.4, -0.2) is 36.8 Å². The Balaban J connectivity index is 1.42. The summed E-state index contributed by atoms with van der Waals surface area (Å²) in [5.41, 5.74) is 6.14. The Bertz CT molecular complexity index is 1160. The maximum Gasteiger partial charge on any atom is 0.239 e. The standard InChI is InChI=1S/C20H20F2N6O2S2/c1-10(32-20-27-26-17(11-2-3-11)28(20)7-6-16(23)29)18(30)25-19-24-15(9-31-19)12-4-5-13(21)14(22)8-12/h4-5,8-11H,2-3,6-7H2,1H3,(H2,23,29)(H,24,25,30). The first-order valence-corrected chi connectivity index (χ1v) is 11.7. The predicted octanol–water partition coefficient (Wildman–Crippen LogP) is 3.55. The first-order chi connectivity index (χ1) is 15.3. The summed E-state index contributed by atoms with van der Waals surface area (Å²) in [5, 5.41) is 13.2. The van der Waals surface area contributed by atoms with E-state index in [1.165, 1.54) is 29.2 Å². The Kier molecular flexibility index (Phi) is 6.51. The Hall–Kier alpha value is -2.86. The molecule has 1 fully saturated rings. The summed E-state index contributed by atoms with van der Waals surface area (Å²) in [6.45, 7) is 2.10. The minimum atomic E-state index is -0.961. The number of primary amides is 1. The van der Waals surface area contributed by atoms with E-state index in [0.717, 1.165) is 30.8 Å². The van der Waals surface area contributed by atoms with Gasteiger partial charge in [0, 0.05) is 29.8 Å². The van der Waals surface area contributed by atoms with Crippen LogP contribution in [0.5, 0.6) is 0 Å². The summed E-state index contributed by atoms with van der Waals surface area (Å²) in [7, 11) is 0. The topological polar surface area (TPSA) is 116 Å². The molecule has 0 radical (unpaired) electrons. The van der Waals surface area contributed by atoms with Gasteiger partial charge in [0.05, 0.1) is 10.9 Å². The molecule has 0 saturated heterocycles. The number of hydrogen-bond acceptors (Lipinski definition) is 7. The van der Waals surface area contributed by atoms with Gasteiger partial charge >= 0.3 is 0 Å². The van der Waals surface area contributed by atoms with Crippen molar-refractivity contribution in [3.63, 3.8) is 0 Å². The molecule has 32 heavy (non-hydrogen) atoms. The van der Waals surface area contributed by atoms with Crippen molar-refractivity contribution in [2.75, 3.05) is 5.32 Å². The monoisotopic (exact) mass is 478 g/mol. The molecule has 1 unspecified atom stereocenters. The molecule has 0 spiro atoms. The molecule has 1 aliphatic rings. The maximum absolute atomic E-state index is 13.5. The third-order valence-corrected chi connectivity index (χ3v) is 6.71. The van der Waals surface area contributed by atoms with Crippen LogP contribution in [0, 0.1) is 11.6 Å². The molecule has 1 aliphatic carbocycles. The van der Waals surface area contributed by atoms with Crippen LogP contribution in [0.1, 0.15) is 37.9 Å². The molecule has 2 aromatic heterocycles. The van der Waals surface area contributed by atoms with Crippen LogP contribution in [0.4, 0.5) is 13.9 Å². The Morgan fingerprint density at radius 3 is 2.78 bits per heavy atom. The Morgan fingerprint density at radius 1 is 1.31 bits per heavy atom. The van der Waals surface area contributed by atoms with Crippen LogP contribution in [0.3, 0.4) is 0 Å². The van der Waals surface area contributed by atoms with Crippen LogP contribution in [-0.2, 0) is 16.1 Å². The van der Waals surface area contributed by atoms with Crippen molar-refractivity contribution in [3.05, 3.63) is 41.0 Å². The quantitative estimate of drug-likeness (QED) is 0.455. The fourth-order valence-corrected chi connectivity index (χ4v) is 4.61. The highest BCUT2D eigenvalue weighted by molar-refractivity contribution is 8.00. The van der Waals surface area contributed by atoms with Gasteiger partial charge in [0.15, 0.2) is 21.9 Å². The zero-order chi connectivity index (χ0) is 22.8. The second-order valence-electron chi connectivity index (χ2n) is 7.40. The average Bonchev–Trinajstić information content (AvgIpc) is 3.36. The van der Waals surface area contributed by atoms with Gasteiger partial charge in [-0.15, -0.1) is 21.5 Å². The largest absolute Gasteiger partial charge is 0.370 e. The summed E-state index contributed by atoms with van der Waals surface area (Å²) in [5.74, 6) is -1.45. The van der Waals surface area contributed by atoms with Crippen LogP contribution >= 0.6 is 23.1 Å². The van der Waals surface area contributed by atoms with E-state index in [2.05, 4.69) is 20.5 Å². The highest BCUT2D eigenvalue weighted by atomic mass is 32.2. The molecule has 2 amide bonds. The number of halogens is 2. The van der Waals surface area contributed by atoms with Crippen LogP contribution in [0.15, 0.2) is 28.7 Å². The molecule has 4 rings (SSSR count). The van der Waals surface area contributed by atoms with Gasteiger partial charge in [-0.25, -0.2) is 13.8 Å². The van der Waals surface area contributed by atoms with E-state index < -0.39 is 22.8 Å². The number of carbonyl (C=O) groups is 2. The summed E-state index contributed by atoms with van der Waals surface area (Å²) in [6.07, 6.45) is 2.22. The van der Waals surface area contributed by atoms with Crippen LogP contribution in [0.2, 0.25) is 0 Å². The molecule has 12 heteroatoms. The summed E-state index contributed by atoms with van der Waals surface area (Å²) < 4.78 is 28.5. The van der Waals surface area contributed by atoms with E-state index in [1.54, 1.807) is 12.3 Å². The number of nitrogens with one attached hydrogen (secondary N) is 1. The number of nitrogens with two attached hydrogens (primary N) is 1. The highest BCUT2D eigenvalue weighted by Crippen LogP contribution is 2.40. The van der Waals surface area contributed by atoms with Crippen molar-refractivity contribution < 1.29 is 18.4 Å². The van der Waals surface area contributed by atoms with Gasteiger partial charge in [-0.3, -0.25) is 9.59 Å². The number of hydrogen-bond donors (Lipinski definition) is 2. The van der Waals surface area contributed by atoms with Gasteiger partial charge in [-0.05, 0) is 38.0 Å². The van der Waals surface area contributed by atoms with Crippen molar-refractivity contribution >= 4 is 40.0 Å². The lowest BCUT2D eigenvalue weighted by molar-refractivity contribution is -0.118. The average molecular weight is 479 g/mol. The minimum absolute atomic E-state index is 0.164. The summed E-state index contributed by atoms with van der Waals surface area (Å²) >= 11 is 2.42. The molecule has 3 aromatic rings. The third-order valence-electron chi connectivity index (χ3n) is 4.87. The molecule has 1 aromatic carbocycles. The highest BCUT2D eigenvalue weighted by Gasteiger charge is 2.31. The predicted molar refractivity (Wildman–Crippen MR) is 117 cm³/mol. The van der Waals surface area contributed by atoms with Gasteiger partial charge in [0.2, 0.25) is 11.8 Å². The molecular weight excluding hydrogens is 458 g/mol. The van der Waals surface area contributed by atoms with Crippen LogP contribution in [0.25, 0.3) is 11.3 Å². The number of thioether (sulfide) groups is 1. The number of anilines is 1. The van der Waals surface area contributed by atoms with Crippen molar-refractivity contribution in [2.24, 2.45) is 5.73 Å². The summed E-state index contributed by atoms with van der Waals surface area (Å²) in [6, 6.07) is 3.52. The number of rotatable bonds is 9. The molecule has 1 atom stereocenters. The Labute approximate surface area is 190 Å².